The van der Waals surface area contributed by atoms with Crippen molar-refractivity contribution in [3.8, 4) is 11.4 Å². The van der Waals surface area contributed by atoms with Gasteiger partial charge in [0.05, 0.1) is 12.7 Å². The molecule has 2 heterocycles. The lowest BCUT2D eigenvalue weighted by Gasteiger charge is -2.29. The molecule has 1 amide bonds. The Morgan fingerprint density at radius 3 is 2.44 bits per heavy atom. The molecule has 4 rings (SSSR count). The molecule has 0 bridgehead atoms. The number of methoxy groups -OCH3 is 1. The summed E-state index contributed by atoms with van der Waals surface area (Å²) in [5.41, 5.74) is 3.50. The van der Waals surface area contributed by atoms with E-state index in [1.165, 1.54) is 21.8 Å². The van der Waals surface area contributed by atoms with Crippen molar-refractivity contribution in [2.75, 3.05) is 13.7 Å². The van der Waals surface area contributed by atoms with Crippen LogP contribution in [-0.4, -0.2) is 29.0 Å². The second-order valence-electron chi connectivity index (χ2n) is 6.57. The zero-order chi connectivity index (χ0) is 18.8. The first-order valence-corrected chi connectivity index (χ1v) is 8.89. The van der Waals surface area contributed by atoms with E-state index < -0.39 is 0 Å². The SMILES string of the molecule is COc1ccc(-n2cc(C(=O)N3CCc4ccccc4C3)ccc2=O)cc1. The Labute approximate surface area is 157 Å². The minimum atomic E-state index is -0.180. The highest BCUT2D eigenvalue weighted by atomic mass is 16.5. The van der Waals surface area contributed by atoms with Gasteiger partial charge in [-0.3, -0.25) is 14.2 Å². The van der Waals surface area contributed by atoms with Crippen LogP contribution in [0.1, 0.15) is 21.5 Å². The highest BCUT2D eigenvalue weighted by Crippen LogP contribution is 2.20. The number of hydrogen-bond acceptors (Lipinski definition) is 3. The minimum absolute atomic E-state index is 0.0632. The maximum absolute atomic E-state index is 13.0. The molecule has 1 aliphatic heterocycles. The van der Waals surface area contributed by atoms with Crippen molar-refractivity contribution in [3.05, 3.63) is 93.9 Å². The van der Waals surface area contributed by atoms with Gasteiger partial charge in [0.2, 0.25) is 0 Å². The van der Waals surface area contributed by atoms with E-state index >= 15 is 0 Å². The lowest BCUT2D eigenvalue weighted by Crippen LogP contribution is -2.36. The van der Waals surface area contributed by atoms with Crippen LogP contribution < -0.4 is 10.3 Å². The summed E-state index contributed by atoms with van der Waals surface area (Å²) in [4.78, 5) is 27.1. The number of rotatable bonds is 3. The van der Waals surface area contributed by atoms with Crippen LogP contribution >= 0.6 is 0 Å². The van der Waals surface area contributed by atoms with Crippen molar-refractivity contribution >= 4 is 5.91 Å². The molecule has 1 aliphatic rings. The Bertz CT molecular complexity index is 1040. The second kappa shape index (κ2) is 7.11. The van der Waals surface area contributed by atoms with Crippen LogP contribution in [0.5, 0.6) is 5.75 Å². The fourth-order valence-electron chi connectivity index (χ4n) is 3.41. The smallest absolute Gasteiger partial charge is 0.255 e. The quantitative estimate of drug-likeness (QED) is 0.721. The predicted octanol–water partition coefficient (Wildman–Crippen LogP) is 3.04. The molecule has 0 N–H and O–H groups in total. The van der Waals surface area contributed by atoms with Gasteiger partial charge in [0.1, 0.15) is 5.75 Å². The lowest BCUT2D eigenvalue weighted by atomic mass is 9.99. The van der Waals surface area contributed by atoms with E-state index in [-0.39, 0.29) is 11.5 Å². The zero-order valence-electron chi connectivity index (χ0n) is 15.1. The largest absolute Gasteiger partial charge is 0.497 e. The number of aromatic nitrogens is 1. The molecular weight excluding hydrogens is 340 g/mol. The standard InChI is InChI=1S/C22H20N2O3/c1-27-20-9-7-19(8-10-20)24-15-18(6-11-21(24)25)22(26)23-13-12-16-4-2-3-5-17(16)14-23/h2-11,15H,12-14H2,1H3. The third-order valence-corrected chi connectivity index (χ3v) is 4.93. The van der Waals surface area contributed by atoms with Gasteiger partial charge in [-0.1, -0.05) is 24.3 Å². The molecule has 0 radical (unpaired) electrons. The summed E-state index contributed by atoms with van der Waals surface area (Å²) in [6.45, 7) is 1.27. The number of carbonyl (C=O) groups excluding carboxylic acids is 1. The van der Waals surface area contributed by atoms with Crippen molar-refractivity contribution in [1.29, 1.82) is 0 Å². The van der Waals surface area contributed by atoms with Gasteiger partial charge in [0.15, 0.2) is 0 Å². The molecule has 0 atom stereocenters. The molecule has 3 aromatic rings. The van der Waals surface area contributed by atoms with Gasteiger partial charge >= 0.3 is 0 Å². The molecule has 2 aromatic carbocycles. The summed E-state index contributed by atoms with van der Waals surface area (Å²) >= 11 is 0. The van der Waals surface area contributed by atoms with Crippen LogP contribution in [0.15, 0.2) is 71.7 Å². The summed E-state index contributed by atoms with van der Waals surface area (Å²) in [5, 5.41) is 0. The highest BCUT2D eigenvalue weighted by molar-refractivity contribution is 5.94. The predicted molar refractivity (Wildman–Crippen MR) is 103 cm³/mol. The molecule has 0 fully saturated rings. The Kier molecular flexibility index (Phi) is 4.50. The van der Waals surface area contributed by atoms with E-state index in [0.717, 1.165) is 6.42 Å². The summed E-state index contributed by atoms with van der Waals surface area (Å²) in [6, 6.07) is 18.4. The molecule has 5 heteroatoms. The van der Waals surface area contributed by atoms with Crippen molar-refractivity contribution in [2.24, 2.45) is 0 Å². The van der Waals surface area contributed by atoms with Crippen LogP contribution in [0.4, 0.5) is 0 Å². The van der Waals surface area contributed by atoms with Gasteiger partial charge in [-0.15, -0.1) is 0 Å². The second-order valence-corrected chi connectivity index (χ2v) is 6.57. The van der Waals surface area contributed by atoms with Crippen molar-refractivity contribution in [2.45, 2.75) is 13.0 Å². The Morgan fingerprint density at radius 1 is 0.963 bits per heavy atom. The van der Waals surface area contributed by atoms with Crippen molar-refractivity contribution in [1.82, 2.24) is 9.47 Å². The summed E-state index contributed by atoms with van der Waals surface area (Å²) < 4.78 is 6.65. The number of fused-ring (bicyclic) bond motifs is 1. The average Bonchev–Trinajstić information content (AvgIpc) is 2.73. The molecule has 0 saturated heterocycles. The summed E-state index contributed by atoms with van der Waals surface area (Å²) in [5.74, 6) is 0.651. The third-order valence-electron chi connectivity index (χ3n) is 4.93. The van der Waals surface area contributed by atoms with E-state index in [9.17, 15) is 9.59 Å². The van der Waals surface area contributed by atoms with Crippen LogP contribution in [0, 0.1) is 0 Å². The van der Waals surface area contributed by atoms with Crippen LogP contribution in [-0.2, 0) is 13.0 Å². The molecule has 0 aliphatic carbocycles. The Morgan fingerprint density at radius 2 is 1.70 bits per heavy atom. The molecule has 27 heavy (non-hydrogen) atoms. The molecule has 136 valence electrons. The number of ether oxygens (including phenoxy) is 1. The first-order valence-electron chi connectivity index (χ1n) is 8.89. The summed E-state index contributed by atoms with van der Waals surface area (Å²) in [7, 11) is 1.59. The van der Waals surface area contributed by atoms with Crippen LogP contribution in [0.25, 0.3) is 5.69 Å². The normalized spacial score (nSPS) is 13.1. The molecule has 0 saturated carbocycles. The van der Waals surface area contributed by atoms with Gasteiger partial charge in [0, 0.05) is 31.0 Å². The maximum atomic E-state index is 13.0. The number of hydrogen-bond donors (Lipinski definition) is 0. The van der Waals surface area contributed by atoms with E-state index in [4.69, 9.17) is 4.74 Å². The highest BCUT2D eigenvalue weighted by Gasteiger charge is 2.22. The molecule has 0 spiro atoms. The van der Waals surface area contributed by atoms with Crippen molar-refractivity contribution < 1.29 is 9.53 Å². The fraction of sp³-hybridized carbons (Fsp3) is 0.182. The fourth-order valence-corrected chi connectivity index (χ4v) is 3.41. The first-order chi connectivity index (χ1) is 13.2. The number of nitrogens with zero attached hydrogens (tertiary/aromatic N) is 2. The topological polar surface area (TPSA) is 51.5 Å². The summed E-state index contributed by atoms with van der Waals surface area (Å²) in [6.07, 6.45) is 2.47. The van der Waals surface area contributed by atoms with Crippen LogP contribution in [0.2, 0.25) is 0 Å². The average molecular weight is 360 g/mol. The molecular formula is C22H20N2O3. The Hall–Kier alpha value is -3.34. The zero-order valence-corrected chi connectivity index (χ0v) is 15.1. The third kappa shape index (κ3) is 3.36. The van der Waals surface area contributed by atoms with Crippen LogP contribution in [0.3, 0.4) is 0 Å². The van der Waals surface area contributed by atoms with Gasteiger partial charge < -0.3 is 9.64 Å². The van der Waals surface area contributed by atoms with Gasteiger partial charge in [-0.25, -0.2) is 0 Å². The monoisotopic (exact) mass is 360 g/mol. The number of amides is 1. The van der Waals surface area contributed by atoms with E-state index in [0.29, 0.717) is 30.1 Å². The maximum Gasteiger partial charge on any atom is 0.255 e. The lowest BCUT2D eigenvalue weighted by molar-refractivity contribution is 0.0734. The van der Waals surface area contributed by atoms with Gasteiger partial charge in [0.25, 0.3) is 11.5 Å². The molecule has 0 unspecified atom stereocenters. The number of carbonyl (C=O) groups is 1. The van der Waals surface area contributed by atoms with E-state index in [1.54, 1.807) is 43.6 Å². The van der Waals surface area contributed by atoms with E-state index in [2.05, 4.69) is 12.1 Å². The van der Waals surface area contributed by atoms with E-state index in [1.807, 2.05) is 17.0 Å². The number of benzene rings is 2. The van der Waals surface area contributed by atoms with Crippen molar-refractivity contribution in [3.63, 3.8) is 0 Å². The van der Waals surface area contributed by atoms with Gasteiger partial charge in [-0.05, 0) is 47.9 Å². The first kappa shape index (κ1) is 17.1. The minimum Gasteiger partial charge on any atom is -0.497 e. The van der Waals surface area contributed by atoms with Gasteiger partial charge in [-0.2, -0.15) is 0 Å². The Balaban J connectivity index is 1.62. The molecule has 1 aromatic heterocycles. The molecule has 5 nitrogen and oxygen atoms in total. The number of pyridine rings is 1.